The standard InChI is InChI=1S/C20H25NO14/c1-9(22)29-7-13-17(31-10(2)23)18(32-11(3)24)19(33-12(4)25)20(34-13)30-8-16(28)35-21-14(26)5-6-15(21)27/h13,17-20H,5-8H2,1-4H3/t13-,17-,18+,19+,20+/m1/s1. The molecule has 35 heavy (non-hydrogen) atoms. The molecule has 15 heteroatoms. The van der Waals surface area contributed by atoms with E-state index in [1.165, 1.54) is 0 Å². The first-order chi connectivity index (χ1) is 16.4. The van der Waals surface area contributed by atoms with Crippen LogP contribution in [0.25, 0.3) is 0 Å². The van der Waals surface area contributed by atoms with Gasteiger partial charge in [0.15, 0.2) is 24.6 Å². The lowest BCUT2D eigenvalue weighted by Gasteiger charge is -2.43. The van der Waals surface area contributed by atoms with Gasteiger partial charge in [-0.1, -0.05) is 0 Å². The summed E-state index contributed by atoms with van der Waals surface area (Å²) in [5.74, 6) is -5.81. The highest BCUT2D eigenvalue weighted by Crippen LogP contribution is 2.30. The molecule has 0 aromatic heterocycles. The van der Waals surface area contributed by atoms with Crippen molar-refractivity contribution < 1.29 is 66.8 Å². The minimum atomic E-state index is -1.62. The Balaban J connectivity index is 2.26. The fraction of sp³-hybridized carbons (Fsp3) is 0.650. The summed E-state index contributed by atoms with van der Waals surface area (Å²) in [4.78, 5) is 86.6. The molecule has 0 radical (unpaired) electrons. The van der Waals surface area contributed by atoms with E-state index in [0.29, 0.717) is 5.06 Å². The van der Waals surface area contributed by atoms with Crippen LogP contribution >= 0.6 is 0 Å². The number of imide groups is 1. The quantitative estimate of drug-likeness (QED) is 0.205. The van der Waals surface area contributed by atoms with Gasteiger partial charge in [-0.05, 0) is 0 Å². The van der Waals surface area contributed by atoms with Crippen molar-refractivity contribution in [2.75, 3.05) is 13.2 Å². The van der Waals surface area contributed by atoms with Gasteiger partial charge in [0.05, 0.1) is 0 Å². The zero-order valence-electron chi connectivity index (χ0n) is 19.4. The first-order valence-corrected chi connectivity index (χ1v) is 10.4. The molecule has 0 N–H and O–H groups in total. The Morgan fingerprint density at radius 2 is 1.31 bits per heavy atom. The maximum Gasteiger partial charge on any atom is 0.358 e. The summed E-state index contributed by atoms with van der Waals surface area (Å²) in [6.07, 6.45) is -7.56. The largest absolute Gasteiger partial charge is 0.463 e. The zero-order valence-corrected chi connectivity index (χ0v) is 19.4. The third-order valence-corrected chi connectivity index (χ3v) is 4.51. The van der Waals surface area contributed by atoms with Gasteiger partial charge in [0.2, 0.25) is 0 Å². The number of ether oxygens (including phenoxy) is 6. The van der Waals surface area contributed by atoms with E-state index in [0.717, 1.165) is 27.7 Å². The van der Waals surface area contributed by atoms with E-state index >= 15 is 0 Å². The second-order valence-electron chi connectivity index (χ2n) is 7.42. The van der Waals surface area contributed by atoms with Gasteiger partial charge < -0.3 is 33.3 Å². The Labute approximate surface area is 198 Å². The molecule has 2 fully saturated rings. The van der Waals surface area contributed by atoms with Crippen molar-refractivity contribution in [3.05, 3.63) is 0 Å². The van der Waals surface area contributed by atoms with Crippen LogP contribution in [0.2, 0.25) is 0 Å². The first-order valence-electron chi connectivity index (χ1n) is 10.4. The van der Waals surface area contributed by atoms with Gasteiger partial charge in [-0.3, -0.25) is 28.8 Å². The van der Waals surface area contributed by atoms with Crippen LogP contribution in [-0.4, -0.2) is 90.6 Å². The van der Waals surface area contributed by atoms with Crippen LogP contribution in [0.3, 0.4) is 0 Å². The van der Waals surface area contributed by atoms with E-state index in [-0.39, 0.29) is 12.8 Å². The molecule has 2 rings (SSSR count). The summed E-state index contributed by atoms with van der Waals surface area (Å²) in [6.45, 7) is 2.87. The predicted molar refractivity (Wildman–Crippen MR) is 105 cm³/mol. The van der Waals surface area contributed by atoms with Crippen molar-refractivity contribution in [2.45, 2.75) is 71.2 Å². The van der Waals surface area contributed by atoms with Crippen LogP contribution in [-0.2, 0) is 66.8 Å². The predicted octanol–water partition coefficient (Wildman–Crippen LogP) is -1.31. The van der Waals surface area contributed by atoms with Crippen LogP contribution in [0.5, 0.6) is 0 Å². The van der Waals surface area contributed by atoms with Gasteiger partial charge in [-0.15, -0.1) is 5.06 Å². The van der Waals surface area contributed by atoms with Gasteiger partial charge in [0.1, 0.15) is 19.3 Å². The number of rotatable bonds is 9. The second-order valence-corrected chi connectivity index (χ2v) is 7.42. The third-order valence-electron chi connectivity index (χ3n) is 4.51. The summed E-state index contributed by atoms with van der Waals surface area (Å²) >= 11 is 0. The molecule has 2 aliphatic heterocycles. The molecular weight excluding hydrogens is 478 g/mol. The van der Waals surface area contributed by atoms with Crippen LogP contribution in [0.15, 0.2) is 0 Å². The van der Waals surface area contributed by atoms with Gasteiger partial charge in [0, 0.05) is 40.5 Å². The Hall–Kier alpha value is -3.59. The maximum atomic E-state index is 12.1. The first kappa shape index (κ1) is 27.7. The highest BCUT2D eigenvalue weighted by molar-refractivity contribution is 6.01. The highest BCUT2D eigenvalue weighted by Gasteiger charge is 2.53. The highest BCUT2D eigenvalue weighted by atomic mass is 16.8. The summed E-state index contributed by atoms with van der Waals surface area (Å²) in [5, 5.41) is 0.304. The zero-order chi connectivity index (χ0) is 26.3. The molecule has 2 aliphatic rings. The third kappa shape index (κ3) is 7.99. The summed E-state index contributed by atoms with van der Waals surface area (Å²) < 4.78 is 31.5. The van der Waals surface area contributed by atoms with Crippen molar-refractivity contribution in [2.24, 2.45) is 0 Å². The molecule has 2 saturated heterocycles. The maximum absolute atomic E-state index is 12.1. The minimum absolute atomic E-state index is 0.118. The molecule has 0 saturated carbocycles. The Morgan fingerprint density at radius 3 is 1.83 bits per heavy atom. The van der Waals surface area contributed by atoms with E-state index < -0.39 is 85.6 Å². The van der Waals surface area contributed by atoms with Crippen LogP contribution < -0.4 is 0 Å². The Bertz CT molecular complexity index is 869. The number of esters is 4. The smallest absolute Gasteiger partial charge is 0.358 e. The van der Waals surface area contributed by atoms with E-state index in [1.807, 2.05) is 0 Å². The number of nitrogens with zero attached hydrogens (tertiary/aromatic N) is 1. The normalized spacial score (nSPS) is 26.1. The lowest BCUT2D eigenvalue weighted by molar-refractivity contribution is -0.308. The molecule has 0 aromatic rings. The van der Waals surface area contributed by atoms with E-state index in [1.54, 1.807) is 0 Å². The lowest BCUT2D eigenvalue weighted by atomic mass is 9.98. The van der Waals surface area contributed by atoms with Gasteiger partial charge in [-0.2, -0.15) is 0 Å². The van der Waals surface area contributed by atoms with Crippen molar-refractivity contribution in [3.8, 4) is 0 Å². The van der Waals surface area contributed by atoms with E-state index in [4.69, 9.17) is 33.3 Å². The second kappa shape index (κ2) is 12.2. The molecular formula is C20H25NO14. The minimum Gasteiger partial charge on any atom is -0.463 e. The van der Waals surface area contributed by atoms with E-state index in [9.17, 15) is 33.6 Å². The number of carbonyl (C=O) groups excluding carboxylic acids is 7. The van der Waals surface area contributed by atoms with Gasteiger partial charge in [-0.25, -0.2) is 4.79 Å². The van der Waals surface area contributed by atoms with Crippen molar-refractivity contribution in [1.82, 2.24) is 5.06 Å². The summed E-state index contributed by atoms with van der Waals surface area (Å²) in [7, 11) is 0. The monoisotopic (exact) mass is 503 g/mol. The molecule has 0 bridgehead atoms. The average molecular weight is 503 g/mol. The molecule has 0 unspecified atom stereocenters. The fourth-order valence-electron chi connectivity index (χ4n) is 3.26. The SMILES string of the molecule is CC(=O)OC[C@H]1O[C@H](OCC(=O)ON2C(=O)CCC2=O)[C@@H](OC(C)=O)[C@@H](OC(C)=O)[C@@H]1OC(C)=O. The molecule has 15 nitrogen and oxygen atoms in total. The van der Waals surface area contributed by atoms with Gasteiger partial charge >= 0.3 is 29.8 Å². The van der Waals surface area contributed by atoms with Crippen LogP contribution in [0.4, 0.5) is 0 Å². The summed E-state index contributed by atoms with van der Waals surface area (Å²) in [6, 6.07) is 0. The molecule has 194 valence electrons. The fourth-order valence-corrected chi connectivity index (χ4v) is 3.26. The van der Waals surface area contributed by atoms with Crippen LogP contribution in [0.1, 0.15) is 40.5 Å². The lowest BCUT2D eigenvalue weighted by Crippen LogP contribution is -2.63. The number of hydrogen-bond acceptors (Lipinski definition) is 14. The van der Waals surface area contributed by atoms with E-state index in [2.05, 4.69) is 0 Å². The number of hydrogen-bond donors (Lipinski definition) is 0. The molecule has 0 aliphatic carbocycles. The molecule has 0 spiro atoms. The van der Waals surface area contributed by atoms with Crippen molar-refractivity contribution in [1.29, 1.82) is 0 Å². The number of hydroxylamine groups is 2. The Morgan fingerprint density at radius 1 is 0.800 bits per heavy atom. The molecule has 2 amide bonds. The topological polar surface area (TPSA) is 187 Å². The Kier molecular flexibility index (Phi) is 9.65. The number of amides is 2. The van der Waals surface area contributed by atoms with Crippen molar-refractivity contribution in [3.63, 3.8) is 0 Å². The molecule has 2 heterocycles. The average Bonchev–Trinajstić information content (AvgIpc) is 3.05. The summed E-state index contributed by atoms with van der Waals surface area (Å²) in [5.41, 5.74) is 0. The van der Waals surface area contributed by atoms with Crippen molar-refractivity contribution >= 4 is 41.7 Å². The molecule has 5 atom stereocenters. The van der Waals surface area contributed by atoms with Gasteiger partial charge in [0.25, 0.3) is 11.8 Å². The number of carbonyl (C=O) groups is 7. The van der Waals surface area contributed by atoms with Crippen LogP contribution in [0, 0.1) is 0 Å². The molecule has 0 aromatic carbocycles.